The van der Waals surface area contributed by atoms with Crippen LogP contribution in [-0.4, -0.2) is 70.0 Å². The molecule has 1 fully saturated rings. The summed E-state index contributed by atoms with van der Waals surface area (Å²) in [6.45, 7) is 1.47. The minimum absolute atomic E-state index is 0. The maximum atomic E-state index is 12.9. The molecule has 0 spiro atoms. The molecule has 16 nitrogen and oxygen atoms in total. The van der Waals surface area contributed by atoms with Crippen molar-refractivity contribution >= 4 is 28.5 Å². The lowest BCUT2D eigenvalue weighted by Crippen LogP contribution is -2.34. The number of amides is 1. The van der Waals surface area contributed by atoms with Gasteiger partial charge in [0.2, 0.25) is 11.6 Å². The molecule has 1 amide bonds. The highest BCUT2D eigenvalue weighted by Gasteiger charge is 2.42. The summed E-state index contributed by atoms with van der Waals surface area (Å²) in [6, 6.07) is 29.6. The Balaban J connectivity index is 0.000000218. The van der Waals surface area contributed by atoms with Crippen LogP contribution in [0.15, 0.2) is 100 Å². The number of carbonyl (C=O) groups excluding carboxylic acids is 1. The van der Waals surface area contributed by atoms with Crippen LogP contribution in [0.5, 0.6) is 23.0 Å². The Labute approximate surface area is 344 Å². The second-order valence-electron chi connectivity index (χ2n) is 14.1. The second kappa shape index (κ2) is 19.5. The molecular formula is C44H44N6O10. The van der Waals surface area contributed by atoms with Gasteiger partial charge in [0.15, 0.2) is 28.3 Å². The fourth-order valence-electron chi connectivity index (χ4n) is 7.26. The van der Waals surface area contributed by atoms with Crippen molar-refractivity contribution < 1.29 is 43.5 Å². The normalized spacial score (nSPS) is 16.6. The summed E-state index contributed by atoms with van der Waals surface area (Å²) in [6.07, 6.45) is 4.99. The molecule has 3 heterocycles. The number of nitrogens with zero attached hydrogens (tertiary/aromatic N) is 4. The molecule has 0 atom stereocenters. The number of carbonyl (C=O) groups is 2. The number of anilines is 1. The third kappa shape index (κ3) is 9.54. The zero-order chi connectivity index (χ0) is 41.2. The molecule has 2 aromatic heterocycles. The molecule has 0 unspecified atom stereocenters. The van der Waals surface area contributed by atoms with E-state index >= 15 is 0 Å². The van der Waals surface area contributed by atoms with Crippen molar-refractivity contribution in [3.05, 3.63) is 118 Å². The van der Waals surface area contributed by atoms with Crippen LogP contribution in [0.2, 0.25) is 0 Å². The number of carboxylic acid groups (broad SMARTS) is 1. The average Bonchev–Trinajstić information content (AvgIpc) is 3.83. The summed E-state index contributed by atoms with van der Waals surface area (Å²) < 4.78 is 28.4. The Kier molecular flexibility index (Phi) is 13.7. The number of nitrogens with one attached hydrogen (secondary N) is 2. The van der Waals surface area contributed by atoms with Gasteiger partial charge >= 0.3 is 5.97 Å². The van der Waals surface area contributed by atoms with Gasteiger partial charge in [0, 0.05) is 17.2 Å². The van der Waals surface area contributed by atoms with Crippen LogP contribution in [0, 0.1) is 17.2 Å². The van der Waals surface area contributed by atoms with E-state index in [0.717, 1.165) is 24.8 Å². The highest BCUT2D eigenvalue weighted by molar-refractivity contribution is 6.08. The summed E-state index contributed by atoms with van der Waals surface area (Å²) in [4.78, 5) is 36.6. The summed E-state index contributed by atoms with van der Waals surface area (Å²) in [5, 5.41) is 35.6. The van der Waals surface area contributed by atoms with Crippen molar-refractivity contribution in [2.75, 3.05) is 32.2 Å². The summed E-state index contributed by atoms with van der Waals surface area (Å²) in [5.74, 6) is 1.17. The molecule has 0 bridgehead atoms. The first kappa shape index (κ1) is 42.4. The maximum absolute atomic E-state index is 12.9. The number of aromatic amines is 1. The van der Waals surface area contributed by atoms with Gasteiger partial charge in [-0.3, -0.25) is 14.4 Å². The standard InChI is InChI=1S/C27H23N5O4.C17H19NO5.H2O/c33-23-17-24(26-29-31-32-30-26)36-25-21(23)10-6-11-22(25)28-27(34)19-12-14-20(15-13-19)35-16-5-4-9-18-7-2-1-3-8-18;1-21-13-3-2-12(14-15(13)23-9-8-22-14)17(10-18)6-4-11(5-7-17)16(19)20;/h1-3,6-8,10-15,17H,4-5,9,16H2,(H,28,34)(H,29,30,31,32);2-3,11H,4-9H2,1H3,(H,19,20);1H2. The molecule has 1 aliphatic carbocycles. The van der Waals surface area contributed by atoms with Gasteiger partial charge in [0.05, 0.1) is 42.2 Å². The smallest absolute Gasteiger partial charge is 0.306 e. The van der Waals surface area contributed by atoms with E-state index in [4.69, 9.17) is 28.5 Å². The Bertz CT molecular complexity index is 2490. The molecule has 310 valence electrons. The van der Waals surface area contributed by atoms with Crippen molar-refractivity contribution in [3.8, 4) is 40.7 Å². The van der Waals surface area contributed by atoms with Gasteiger partial charge in [-0.1, -0.05) is 36.4 Å². The summed E-state index contributed by atoms with van der Waals surface area (Å²) >= 11 is 0. The molecule has 6 aromatic rings. The van der Waals surface area contributed by atoms with Crippen LogP contribution in [0.3, 0.4) is 0 Å². The number of rotatable bonds is 12. The number of hydrogen-bond donors (Lipinski definition) is 3. The second-order valence-corrected chi connectivity index (χ2v) is 14.1. The van der Waals surface area contributed by atoms with Crippen LogP contribution in [0.25, 0.3) is 22.6 Å². The number of aromatic nitrogens is 4. The van der Waals surface area contributed by atoms with E-state index < -0.39 is 11.4 Å². The third-order valence-electron chi connectivity index (χ3n) is 10.4. The number of tetrazole rings is 1. The number of aryl methyl sites for hydroxylation is 1. The Morgan fingerprint density at radius 2 is 1.72 bits per heavy atom. The van der Waals surface area contributed by atoms with Crippen LogP contribution < -0.4 is 29.7 Å². The van der Waals surface area contributed by atoms with E-state index in [1.54, 1.807) is 55.6 Å². The van der Waals surface area contributed by atoms with E-state index in [2.05, 4.69) is 44.1 Å². The molecule has 60 heavy (non-hydrogen) atoms. The Morgan fingerprint density at radius 3 is 2.40 bits per heavy atom. The van der Waals surface area contributed by atoms with Gasteiger partial charge in [-0.25, -0.2) is 0 Å². The van der Waals surface area contributed by atoms with E-state index in [0.29, 0.717) is 85.1 Å². The number of carboxylic acids is 1. The van der Waals surface area contributed by atoms with Crippen molar-refractivity contribution in [2.45, 2.75) is 50.4 Å². The van der Waals surface area contributed by atoms with Gasteiger partial charge in [0.25, 0.3) is 5.91 Å². The molecular weight excluding hydrogens is 773 g/mol. The van der Waals surface area contributed by atoms with E-state index in [1.165, 1.54) is 11.6 Å². The first-order valence-electron chi connectivity index (χ1n) is 19.3. The van der Waals surface area contributed by atoms with Crippen LogP contribution in [0.4, 0.5) is 5.69 Å². The number of para-hydroxylation sites is 1. The Hall–Kier alpha value is -7.25. The predicted molar refractivity (Wildman–Crippen MR) is 219 cm³/mol. The van der Waals surface area contributed by atoms with Crippen molar-refractivity contribution in [2.24, 2.45) is 5.92 Å². The lowest BCUT2D eigenvalue weighted by Gasteiger charge is -2.36. The average molecular weight is 817 g/mol. The number of aliphatic carboxylic acids is 1. The zero-order valence-electron chi connectivity index (χ0n) is 32.8. The van der Waals surface area contributed by atoms with Crippen LogP contribution in [-0.2, 0) is 16.6 Å². The predicted octanol–water partition coefficient (Wildman–Crippen LogP) is 6.30. The fourth-order valence-corrected chi connectivity index (χ4v) is 7.26. The molecule has 4 aromatic carbocycles. The van der Waals surface area contributed by atoms with Crippen molar-refractivity contribution in [1.29, 1.82) is 5.26 Å². The molecule has 5 N–H and O–H groups in total. The Morgan fingerprint density at radius 1 is 0.967 bits per heavy atom. The minimum atomic E-state index is -0.784. The summed E-state index contributed by atoms with van der Waals surface area (Å²) in [7, 11) is 1.56. The van der Waals surface area contributed by atoms with Crippen LogP contribution >= 0.6 is 0 Å². The topological polar surface area (TPSA) is 243 Å². The number of unbranched alkanes of at least 4 members (excludes halogenated alkanes) is 1. The lowest BCUT2D eigenvalue weighted by atomic mass is 9.67. The molecule has 2 aliphatic rings. The largest absolute Gasteiger partial charge is 0.494 e. The number of fused-ring (bicyclic) bond motifs is 2. The number of H-pyrrole nitrogens is 1. The monoisotopic (exact) mass is 816 g/mol. The van der Waals surface area contributed by atoms with E-state index in [-0.39, 0.29) is 39.9 Å². The number of methoxy groups -OCH3 is 1. The highest BCUT2D eigenvalue weighted by Crippen LogP contribution is 2.51. The quantitative estimate of drug-likeness (QED) is 0.115. The molecule has 1 aliphatic heterocycles. The maximum Gasteiger partial charge on any atom is 0.306 e. The zero-order valence-corrected chi connectivity index (χ0v) is 32.8. The molecule has 0 radical (unpaired) electrons. The fraction of sp³-hybridized carbons (Fsp3) is 0.295. The SMILES string of the molecule is COc1ccc(C2(C#N)CCC(C(=O)O)CC2)c2c1OCCO2.O.O=C(Nc1cccc2c(=O)cc(-c3nn[nH]n3)oc12)c1ccc(OCCCCc2ccccc2)cc1. The van der Waals surface area contributed by atoms with E-state index in [1.807, 2.05) is 24.3 Å². The lowest BCUT2D eigenvalue weighted by molar-refractivity contribution is -0.143. The number of nitriles is 1. The van der Waals surface area contributed by atoms with Gasteiger partial charge in [-0.2, -0.15) is 10.5 Å². The number of hydrogen-bond acceptors (Lipinski definition) is 12. The van der Waals surface area contributed by atoms with Gasteiger partial charge in [-0.05, 0) is 104 Å². The molecule has 8 rings (SSSR count). The first-order valence-corrected chi connectivity index (χ1v) is 19.3. The molecule has 1 saturated carbocycles. The van der Waals surface area contributed by atoms with E-state index in [9.17, 15) is 19.6 Å². The van der Waals surface area contributed by atoms with Gasteiger partial charge in [-0.15, -0.1) is 10.2 Å². The summed E-state index contributed by atoms with van der Waals surface area (Å²) in [5.41, 5.74) is 2.12. The number of ether oxygens (including phenoxy) is 4. The van der Waals surface area contributed by atoms with Gasteiger partial charge < -0.3 is 39.3 Å². The highest BCUT2D eigenvalue weighted by atomic mass is 16.6. The molecule has 0 saturated heterocycles. The minimum Gasteiger partial charge on any atom is -0.494 e. The first-order chi connectivity index (χ1) is 28.8. The third-order valence-corrected chi connectivity index (χ3v) is 10.4. The van der Waals surface area contributed by atoms with Crippen LogP contribution in [0.1, 0.15) is 60.0 Å². The molecule has 16 heteroatoms. The van der Waals surface area contributed by atoms with Crippen molar-refractivity contribution in [1.82, 2.24) is 20.6 Å². The number of benzene rings is 4. The van der Waals surface area contributed by atoms with Gasteiger partial charge in [0.1, 0.15) is 19.0 Å². The van der Waals surface area contributed by atoms with Crippen molar-refractivity contribution in [3.63, 3.8) is 0 Å².